The summed E-state index contributed by atoms with van der Waals surface area (Å²) in [6.07, 6.45) is 1.52. The minimum atomic E-state index is -3.30. The number of nitrogens with two attached hydrogens (primary N) is 1. The van der Waals surface area contributed by atoms with Crippen molar-refractivity contribution in [2.24, 2.45) is 5.14 Å². The molecular weight excluding hydrogens is 224 g/mol. The first-order valence-electron chi connectivity index (χ1n) is 5.33. The van der Waals surface area contributed by atoms with Crippen LogP contribution in [0.15, 0.2) is 30.3 Å². The summed E-state index contributed by atoms with van der Waals surface area (Å²) in [7, 11) is -3.30. The van der Waals surface area contributed by atoms with Gasteiger partial charge in [-0.1, -0.05) is 30.3 Å². The molecule has 0 aliphatic carbocycles. The molecule has 0 aromatic heterocycles. The summed E-state index contributed by atoms with van der Waals surface area (Å²) < 4.78 is 21.3. The minimum Gasteiger partial charge on any atom is -0.316 e. The van der Waals surface area contributed by atoms with Crippen molar-refractivity contribution < 1.29 is 8.42 Å². The fraction of sp³-hybridized carbons (Fsp3) is 0.455. The maximum absolute atomic E-state index is 10.6. The van der Waals surface area contributed by atoms with E-state index in [0.29, 0.717) is 13.0 Å². The highest BCUT2D eigenvalue weighted by Crippen LogP contribution is 1.97. The lowest BCUT2D eigenvalue weighted by Gasteiger charge is -2.04. The van der Waals surface area contributed by atoms with Crippen molar-refractivity contribution in [2.45, 2.75) is 12.8 Å². The Balaban J connectivity index is 2.05. The van der Waals surface area contributed by atoms with Crippen LogP contribution in [0.4, 0.5) is 0 Å². The van der Waals surface area contributed by atoms with Crippen molar-refractivity contribution in [3.05, 3.63) is 35.9 Å². The zero-order valence-electron chi connectivity index (χ0n) is 9.22. The monoisotopic (exact) mass is 242 g/mol. The Morgan fingerprint density at radius 2 is 1.81 bits per heavy atom. The number of rotatable bonds is 7. The van der Waals surface area contributed by atoms with Gasteiger partial charge in [-0.05, 0) is 31.5 Å². The quantitative estimate of drug-likeness (QED) is 0.684. The van der Waals surface area contributed by atoms with Gasteiger partial charge >= 0.3 is 0 Å². The molecule has 0 heterocycles. The first-order chi connectivity index (χ1) is 7.58. The smallest absolute Gasteiger partial charge is 0.209 e. The average molecular weight is 242 g/mol. The minimum absolute atomic E-state index is 0.0470. The van der Waals surface area contributed by atoms with Gasteiger partial charge in [-0.25, -0.2) is 13.6 Å². The van der Waals surface area contributed by atoms with E-state index in [1.165, 1.54) is 5.56 Å². The first kappa shape index (κ1) is 13.2. The second-order valence-electron chi connectivity index (χ2n) is 3.71. The lowest BCUT2D eigenvalue weighted by atomic mass is 10.1. The van der Waals surface area contributed by atoms with E-state index < -0.39 is 10.0 Å². The van der Waals surface area contributed by atoms with Crippen molar-refractivity contribution in [3.63, 3.8) is 0 Å². The first-order valence-corrected chi connectivity index (χ1v) is 7.04. The summed E-state index contributed by atoms with van der Waals surface area (Å²) in [6.45, 7) is 1.54. The Hall–Kier alpha value is -0.910. The molecule has 5 heteroatoms. The third-order valence-corrected chi connectivity index (χ3v) is 3.07. The van der Waals surface area contributed by atoms with Crippen LogP contribution in [0.5, 0.6) is 0 Å². The highest BCUT2D eigenvalue weighted by atomic mass is 32.2. The van der Waals surface area contributed by atoms with Crippen LogP contribution in [0.2, 0.25) is 0 Å². The van der Waals surface area contributed by atoms with Crippen LogP contribution in [0.25, 0.3) is 0 Å². The Bertz CT molecular complexity index is 390. The maximum atomic E-state index is 10.6. The van der Waals surface area contributed by atoms with Crippen LogP contribution in [0.3, 0.4) is 0 Å². The molecule has 1 rings (SSSR count). The van der Waals surface area contributed by atoms with E-state index in [2.05, 4.69) is 17.4 Å². The lowest BCUT2D eigenvalue weighted by molar-refractivity contribution is 0.590. The van der Waals surface area contributed by atoms with Gasteiger partial charge < -0.3 is 5.32 Å². The van der Waals surface area contributed by atoms with Crippen molar-refractivity contribution in [1.29, 1.82) is 0 Å². The topological polar surface area (TPSA) is 72.2 Å². The number of nitrogens with one attached hydrogen (secondary N) is 1. The predicted octanol–water partition coefficient (Wildman–Crippen LogP) is 0.497. The van der Waals surface area contributed by atoms with Crippen LogP contribution in [-0.4, -0.2) is 27.3 Å². The molecule has 3 N–H and O–H groups in total. The molecule has 90 valence electrons. The molecule has 0 saturated carbocycles. The number of benzene rings is 1. The van der Waals surface area contributed by atoms with Gasteiger partial charge in [-0.2, -0.15) is 0 Å². The van der Waals surface area contributed by atoms with E-state index in [1.54, 1.807) is 0 Å². The summed E-state index contributed by atoms with van der Waals surface area (Å²) in [6, 6.07) is 10.2. The highest BCUT2D eigenvalue weighted by molar-refractivity contribution is 7.89. The largest absolute Gasteiger partial charge is 0.316 e. The fourth-order valence-corrected chi connectivity index (χ4v) is 1.95. The van der Waals surface area contributed by atoms with Crippen LogP contribution in [0.1, 0.15) is 12.0 Å². The zero-order valence-corrected chi connectivity index (χ0v) is 10.0. The Labute approximate surface area is 96.9 Å². The highest BCUT2D eigenvalue weighted by Gasteiger charge is 2.00. The molecule has 1 aromatic carbocycles. The van der Waals surface area contributed by atoms with Crippen molar-refractivity contribution >= 4 is 10.0 Å². The Morgan fingerprint density at radius 3 is 2.44 bits per heavy atom. The molecule has 4 nitrogen and oxygen atoms in total. The number of primary sulfonamides is 1. The molecule has 0 aliphatic rings. The average Bonchev–Trinajstić information content (AvgIpc) is 2.23. The molecule has 0 saturated heterocycles. The van der Waals surface area contributed by atoms with Crippen molar-refractivity contribution in [1.82, 2.24) is 5.32 Å². The molecule has 0 unspecified atom stereocenters. The van der Waals surface area contributed by atoms with Crippen LogP contribution >= 0.6 is 0 Å². The van der Waals surface area contributed by atoms with Crippen LogP contribution in [-0.2, 0) is 16.4 Å². The van der Waals surface area contributed by atoms with Gasteiger partial charge in [0, 0.05) is 0 Å². The molecule has 0 amide bonds. The molecule has 0 radical (unpaired) electrons. The van der Waals surface area contributed by atoms with Crippen molar-refractivity contribution in [2.75, 3.05) is 18.8 Å². The zero-order chi connectivity index (χ0) is 11.9. The van der Waals surface area contributed by atoms with E-state index in [-0.39, 0.29) is 5.75 Å². The molecular formula is C11H18N2O2S. The van der Waals surface area contributed by atoms with E-state index in [9.17, 15) is 8.42 Å². The molecule has 0 spiro atoms. The third kappa shape index (κ3) is 6.55. The standard InChI is InChI=1S/C11H18N2O2S/c12-16(14,15)10-4-8-13-9-7-11-5-2-1-3-6-11/h1-3,5-6,13H,4,7-10H2,(H2,12,14,15). The number of sulfonamides is 1. The summed E-state index contributed by atoms with van der Waals surface area (Å²) in [5.74, 6) is 0.0470. The van der Waals surface area contributed by atoms with Crippen LogP contribution in [0, 0.1) is 0 Å². The molecule has 1 aromatic rings. The third-order valence-electron chi connectivity index (χ3n) is 2.22. The summed E-state index contributed by atoms with van der Waals surface area (Å²) in [5, 5.41) is 8.07. The Kier molecular flexibility index (Phi) is 5.45. The lowest BCUT2D eigenvalue weighted by Crippen LogP contribution is -2.23. The Morgan fingerprint density at radius 1 is 1.12 bits per heavy atom. The van der Waals surface area contributed by atoms with E-state index in [1.807, 2.05) is 18.2 Å². The van der Waals surface area contributed by atoms with Gasteiger partial charge in [0.05, 0.1) is 5.75 Å². The second kappa shape index (κ2) is 6.62. The number of hydrogen-bond donors (Lipinski definition) is 2. The van der Waals surface area contributed by atoms with Gasteiger partial charge in [0.25, 0.3) is 0 Å². The molecule has 0 bridgehead atoms. The molecule has 16 heavy (non-hydrogen) atoms. The molecule has 0 aliphatic heterocycles. The van der Waals surface area contributed by atoms with Gasteiger partial charge in [0.2, 0.25) is 10.0 Å². The molecule has 0 fully saturated rings. The SMILES string of the molecule is NS(=O)(=O)CCCNCCc1ccccc1. The van der Waals surface area contributed by atoms with Crippen LogP contribution < -0.4 is 10.5 Å². The normalized spacial score (nSPS) is 11.6. The van der Waals surface area contributed by atoms with Crippen molar-refractivity contribution in [3.8, 4) is 0 Å². The molecule has 0 atom stereocenters. The summed E-state index contributed by atoms with van der Waals surface area (Å²) in [4.78, 5) is 0. The van der Waals surface area contributed by atoms with Gasteiger partial charge in [0.1, 0.15) is 0 Å². The van der Waals surface area contributed by atoms with Gasteiger partial charge in [-0.15, -0.1) is 0 Å². The van der Waals surface area contributed by atoms with E-state index in [4.69, 9.17) is 5.14 Å². The predicted molar refractivity (Wildman–Crippen MR) is 65.6 cm³/mol. The van der Waals surface area contributed by atoms with Gasteiger partial charge in [0.15, 0.2) is 0 Å². The summed E-state index contributed by atoms with van der Waals surface area (Å²) in [5.41, 5.74) is 1.28. The fourth-order valence-electron chi connectivity index (χ4n) is 1.40. The van der Waals surface area contributed by atoms with Gasteiger partial charge in [-0.3, -0.25) is 0 Å². The maximum Gasteiger partial charge on any atom is 0.209 e. The van der Waals surface area contributed by atoms with E-state index in [0.717, 1.165) is 13.0 Å². The number of hydrogen-bond acceptors (Lipinski definition) is 3. The van der Waals surface area contributed by atoms with E-state index >= 15 is 0 Å². The summed E-state index contributed by atoms with van der Waals surface area (Å²) >= 11 is 0. The second-order valence-corrected chi connectivity index (χ2v) is 5.44.